The van der Waals surface area contributed by atoms with Gasteiger partial charge < -0.3 is 5.32 Å². The summed E-state index contributed by atoms with van der Waals surface area (Å²) in [6, 6.07) is 0.803. The van der Waals surface area contributed by atoms with Crippen molar-refractivity contribution >= 4 is 11.8 Å². The summed E-state index contributed by atoms with van der Waals surface area (Å²) < 4.78 is 0. The number of hydrogen-bond acceptors (Lipinski definition) is 2. The summed E-state index contributed by atoms with van der Waals surface area (Å²) in [5, 5.41) is 3.59. The molecule has 0 aromatic rings. The zero-order valence-electron chi connectivity index (χ0n) is 9.18. The average molecular weight is 201 g/mol. The highest BCUT2D eigenvalue weighted by Crippen LogP contribution is 2.34. The fraction of sp³-hybridized carbons (Fsp3) is 1.00. The Morgan fingerprint density at radius 2 is 2.15 bits per heavy atom. The van der Waals surface area contributed by atoms with E-state index in [1.165, 1.54) is 25.0 Å². The van der Waals surface area contributed by atoms with Gasteiger partial charge in [-0.3, -0.25) is 0 Å². The minimum Gasteiger partial charge on any atom is -0.314 e. The quantitative estimate of drug-likeness (QED) is 0.734. The Bertz CT molecular complexity index is 138. The molecule has 13 heavy (non-hydrogen) atoms. The SMILES string of the molecule is CCNC1CCC(CCSC)C1C. The lowest BCUT2D eigenvalue weighted by molar-refractivity contribution is 0.351. The first-order valence-electron chi connectivity index (χ1n) is 5.52. The Morgan fingerprint density at radius 3 is 2.77 bits per heavy atom. The highest BCUT2D eigenvalue weighted by Gasteiger charge is 2.31. The fourth-order valence-electron chi connectivity index (χ4n) is 2.47. The first-order chi connectivity index (χ1) is 6.29. The van der Waals surface area contributed by atoms with Crippen LogP contribution in [0.2, 0.25) is 0 Å². The maximum Gasteiger partial charge on any atom is 0.00953 e. The van der Waals surface area contributed by atoms with Crippen molar-refractivity contribution in [3.8, 4) is 0 Å². The summed E-state index contributed by atoms with van der Waals surface area (Å²) in [4.78, 5) is 0. The van der Waals surface area contributed by atoms with Crippen molar-refractivity contribution in [1.82, 2.24) is 5.32 Å². The minimum absolute atomic E-state index is 0.803. The topological polar surface area (TPSA) is 12.0 Å². The normalized spacial score (nSPS) is 33.9. The van der Waals surface area contributed by atoms with Gasteiger partial charge in [0.15, 0.2) is 0 Å². The molecular formula is C11H23NS. The second-order valence-corrected chi connectivity index (χ2v) is 5.13. The molecule has 0 bridgehead atoms. The lowest BCUT2D eigenvalue weighted by atomic mass is 9.93. The van der Waals surface area contributed by atoms with Crippen molar-refractivity contribution in [2.75, 3.05) is 18.6 Å². The lowest BCUT2D eigenvalue weighted by Gasteiger charge is -2.20. The molecule has 0 saturated heterocycles. The molecule has 0 amide bonds. The van der Waals surface area contributed by atoms with E-state index in [1.807, 2.05) is 11.8 Å². The Hall–Kier alpha value is 0.310. The Balaban J connectivity index is 2.27. The zero-order chi connectivity index (χ0) is 9.68. The van der Waals surface area contributed by atoms with Gasteiger partial charge in [0.25, 0.3) is 0 Å². The molecule has 78 valence electrons. The van der Waals surface area contributed by atoms with E-state index < -0.39 is 0 Å². The molecule has 0 spiro atoms. The van der Waals surface area contributed by atoms with Gasteiger partial charge in [-0.05, 0) is 49.7 Å². The van der Waals surface area contributed by atoms with E-state index in [0.717, 1.165) is 24.4 Å². The molecule has 0 heterocycles. The van der Waals surface area contributed by atoms with Gasteiger partial charge >= 0.3 is 0 Å². The third-order valence-corrected chi connectivity index (χ3v) is 4.03. The predicted molar refractivity (Wildman–Crippen MR) is 62.4 cm³/mol. The van der Waals surface area contributed by atoms with Crippen LogP contribution in [0.4, 0.5) is 0 Å². The molecule has 3 atom stereocenters. The molecule has 0 aromatic carbocycles. The smallest absolute Gasteiger partial charge is 0.00953 e. The highest BCUT2D eigenvalue weighted by atomic mass is 32.2. The van der Waals surface area contributed by atoms with Crippen LogP contribution < -0.4 is 5.32 Å². The zero-order valence-corrected chi connectivity index (χ0v) is 9.99. The molecule has 1 fully saturated rings. The fourth-order valence-corrected chi connectivity index (χ4v) is 3.01. The molecule has 2 heteroatoms. The summed E-state index contributed by atoms with van der Waals surface area (Å²) >= 11 is 1.98. The Kier molecular flexibility index (Phi) is 5.18. The van der Waals surface area contributed by atoms with E-state index in [2.05, 4.69) is 25.4 Å². The Labute approximate surface area is 87.1 Å². The Morgan fingerprint density at radius 1 is 1.38 bits per heavy atom. The van der Waals surface area contributed by atoms with Crippen LogP contribution in [0.1, 0.15) is 33.1 Å². The molecule has 1 aliphatic carbocycles. The highest BCUT2D eigenvalue weighted by molar-refractivity contribution is 7.98. The van der Waals surface area contributed by atoms with E-state index >= 15 is 0 Å². The third kappa shape index (κ3) is 3.17. The molecule has 3 unspecified atom stereocenters. The van der Waals surface area contributed by atoms with E-state index in [1.54, 1.807) is 0 Å². The summed E-state index contributed by atoms with van der Waals surface area (Å²) in [5.74, 6) is 3.22. The summed E-state index contributed by atoms with van der Waals surface area (Å²) in [6.45, 7) is 5.76. The van der Waals surface area contributed by atoms with Crippen LogP contribution in [0.15, 0.2) is 0 Å². The van der Waals surface area contributed by atoms with E-state index in [9.17, 15) is 0 Å². The molecular weight excluding hydrogens is 178 g/mol. The summed E-state index contributed by atoms with van der Waals surface area (Å²) in [7, 11) is 0. The van der Waals surface area contributed by atoms with Gasteiger partial charge in [0.1, 0.15) is 0 Å². The van der Waals surface area contributed by atoms with Gasteiger partial charge in [-0.15, -0.1) is 0 Å². The van der Waals surface area contributed by atoms with Crippen molar-refractivity contribution < 1.29 is 0 Å². The van der Waals surface area contributed by atoms with Gasteiger partial charge in [-0.1, -0.05) is 13.8 Å². The van der Waals surface area contributed by atoms with E-state index in [4.69, 9.17) is 0 Å². The molecule has 1 aliphatic rings. The average Bonchev–Trinajstić information content (AvgIpc) is 2.46. The minimum atomic E-state index is 0.803. The third-order valence-electron chi connectivity index (χ3n) is 3.39. The van der Waals surface area contributed by atoms with Crippen LogP contribution >= 0.6 is 11.8 Å². The van der Waals surface area contributed by atoms with Crippen LogP contribution in [0.25, 0.3) is 0 Å². The molecule has 1 saturated carbocycles. The van der Waals surface area contributed by atoms with Crippen molar-refractivity contribution in [3.05, 3.63) is 0 Å². The van der Waals surface area contributed by atoms with Crippen LogP contribution in [0.3, 0.4) is 0 Å². The maximum atomic E-state index is 3.59. The van der Waals surface area contributed by atoms with Gasteiger partial charge in [0.2, 0.25) is 0 Å². The predicted octanol–water partition coefficient (Wildman–Crippen LogP) is 2.76. The van der Waals surface area contributed by atoms with Crippen LogP contribution in [-0.2, 0) is 0 Å². The molecule has 1 N–H and O–H groups in total. The van der Waals surface area contributed by atoms with Crippen molar-refractivity contribution in [1.29, 1.82) is 0 Å². The summed E-state index contributed by atoms with van der Waals surface area (Å²) in [5.41, 5.74) is 0. The first kappa shape index (κ1) is 11.4. The second kappa shape index (κ2) is 5.92. The first-order valence-corrected chi connectivity index (χ1v) is 6.91. The van der Waals surface area contributed by atoms with Crippen molar-refractivity contribution in [3.63, 3.8) is 0 Å². The number of rotatable bonds is 5. The maximum absolute atomic E-state index is 3.59. The second-order valence-electron chi connectivity index (χ2n) is 4.14. The standard InChI is InChI=1S/C11H23NS/c1-4-12-11-6-5-10(9(11)2)7-8-13-3/h9-12H,4-8H2,1-3H3. The van der Waals surface area contributed by atoms with Crippen molar-refractivity contribution in [2.24, 2.45) is 11.8 Å². The lowest BCUT2D eigenvalue weighted by Crippen LogP contribution is -2.32. The molecule has 0 aliphatic heterocycles. The van der Waals surface area contributed by atoms with Crippen LogP contribution in [-0.4, -0.2) is 24.6 Å². The van der Waals surface area contributed by atoms with Gasteiger partial charge in [0, 0.05) is 6.04 Å². The van der Waals surface area contributed by atoms with Gasteiger partial charge in [-0.25, -0.2) is 0 Å². The molecule has 0 aromatic heterocycles. The van der Waals surface area contributed by atoms with Crippen LogP contribution in [0, 0.1) is 11.8 Å². The van der Waals surface area contributed by atoms with Crippen LogP contribution in [0.5, 0.6) is 0 Å². The monoisotopic (exact) mass is 201 g/mol. The number of hydrogen-bond donors (Lipinski definition) is 1. The van der Waals surface area contributed by atoms with Gasteiger partial charge in [-0.2, -0.15) is 11.8 Å². The molecule has 1 nitrogen and oxygen atoms in total. The van der Waals surface area contributed by atoms with E-state index in [0.29, 0.717) is 0 Å². The number of nitrogens with one attached hydrogen (secondary N) is 1. The number of thioether (sulfide) groups is 1. The van der Waals surface area contributed by atoms with E-state index in [-0.39, 0.29) is 0 Å². The molecule has 0 radical (unpaired) electrons. The van der Waals surface area contributed by atoms with Gasteiger partial charge in [0.05, 0.1) is 0 Å². The molecule has 1 rings (SSSR count). The van der Waals surface area contributed by atoms with Crippen molar-refractivity contribution in [2.45, 2.75) is 39.2 Å². The summed E-state index contributed by atoms with van der Waals surface area (Å²) in [6.07, 6.45) is 6.47. The largest absolute Gasteiger partial charge is 0.314 e.